The summed E-state index contributed by atoms with van der Waals surface area (Å²) in [5.41, 5.74) is 3.81. The molecule has 1 saturated carbocycles. The summed E-state index contributed by atoms with van der Waals surface area (Å²) in [6.45, 7) is 3.72. The van der Waals surface area contributed by atoms with Crippen molar-refractivity contribution in [2.45, 2.75) is 58.3 Å². The smallest absolute Gasteiger partial charge is 0.152 e. The van der Waals surface area contributed by atoms with Gasteiger partial charge in [-0.05, 0) is 54.9 Å². The van der Waals surface area contributed by atoms with Crippen LogP contribution in [-0.2, 0) is 4.79 Å². The van der Waals surface area contributed by atoms with Crippen molar-refractivity contribution in [2.24, 2.45) is 0 Å². The Kier molecular flexibility index (Phi) is 4.95. The van der Waals surface area contributed by atoms with Crippen LogP contribution < -0.4 is 0 Å². The van der Waals surface area contributed by atoms with Gasteiger partial charge in [-0.15, -0.1) is 0 Å². The third-order valence-corrected chi connectivity index (χ3v) is 4.12. The minimum Gasteiger partial charge on any atom is -0.295 e. The van der Waals surface area contributed by atoms with E-state index in [2.05, 4.69) is 31.2 Å². The average molecular weight is 256 g/mol. The molecule has 0 heterocycles. The standard InChI is InChI=1S/C18H24O/c1-3-15(13-14(2)19)17-9-11-18(12-10-17)16-7-5-4-6-8-16/h9-13,16H,3-8H2,1-2H3/b15-13+. The molecule has 1 fully saturated rings. The summed E-state index contributed by atoms with van der Waals surface area (Å²) in [7, 11) is 0. The summed E-state index contributed by atoms with van der Waals surface area (Å²) in [5, 5.41) is 0. The molecular weight excluding hydrogens is 232 g/mol. The summed E-state index contributed by atoms with van der Waals surface area (Å²) >= 11 is 0. The van der Waals surface area contributed by atoms with Crippen LogP contribution in [0.5, 0.6) is 0 Å². The van der Waals surface area contributed by atoms with Crippen LogP contribution in [0.4, 0.5) is 0 Å². The third kappa shape index (κ3) is 3.79. The minimum atomic E-state index is 0.133. The number of carbonyl (C=O) groups is 1. The maximum atomic E-state index is 11.2. The lowest BCUT2D eigenvalue weighted by atomic mass is 9.83. The molecule has 1 nitrogen and oxygen atoms in total. The molecule has 0 aliphatic heterocycles. The van der Waals surface area contributed by atoms with Gasteiger partial charge in [0.15, 0.2) is 5.78 Å². The van der Waals surface area contributed by atoms with Gasteiger partial charge in [-0.3, -0.25) is 4.79 Å². The van der Waals surface area contributed by atoms with E-state index in [1.54, 1.807) is 13.0 Å². The van der Waals surface area contributed by atoms with Crippen LogP contribution in [0.25, 0.3) is 5.57 Å². The maximum absolute atomic E-state index is 11.2. The van der Waals surface area contributed by atoms with Gasteiger partial charge in [-0.2, -0.15) is 0 Å². The highest BCUT2D eigenvalue weighted by Crippen LogP contribution is 2.33. The molecule has 1 heteroatoms. The molecule has 0 radical (unpaired) electrons. The monoisotopic (exact) mass is 256 g/mol. The van der Waals surface area contributed by atoms with Crippen LogP contribution in [0.1, 0.15) is 69.4 Å². The summed E-state index contributed by atoms with van der Waals surface area (Å²) < 4.78 is 0. The van der Waals surface area contributed by atoms with E-state index in [4.69, 9.17) is 0 Å². The predicted molar refractivity (Wildman–Crippen MR) is 81.2 cm³/mol. The van der Waals surface area contributed by atoms with Crippen molar-refractivity contribution in [3.8, 4) is 0 Å². The highest BCUT2D eigenvalue weighted by molar-refractivity contribution is 5.95. The number of benzene rings is 1. The van der Waals surface area contributed by atoms with Crippen molar-refractivity contribution in [3.63, 3.8) is 0 Å². The summed E-state index contributed by atoms with van der Waals surface area (Å²) in [6, 6.07) is 8.88. The first-order valence-electron chi connectivity index (χ1n) is 7.52. The molecule has 0 bridgehead atoms. The van der Waals surface area contributed by atoms with Gasteiger partial charge in [0.05, 0.1) is 0 Å². The molecule has 2 rings (SSSR count). The van der Waals surface area contributed by atoms with Gasteiger partial charge >= 0.3 is 0 Å². The molecule has 1 aliphatic rings. The zero-order valence-electron chi connectivity index (χ0n) is 12.1. The minimum absolute atomic E-state index is 0.133. The second-order valence-corrected chi connectivity index (χ2v) is 5.59. The Morgan fingerprint density at radius 3 is 2.32 bits per heavy atom. The number of carbonyl (C=O) groups excluding carboxylic acids is 1. The first kappa shape index (κ1) is 14.0. The van der Waals surface area contributed by atoms with Crippen molar-refractivity contribution in [1.82, 2.24) is 0 Å². The van der Waals surface area contributed by atoms with Crippen molar-refractivity contribution >= 4 is 11.4 Å². The second-order valence-electron chi connectivity index (χ2n) is 5.59. The molecule has 0 spiro atoms. The molecule has 1 aromatic carbocycles. The molecule has 1 aliphatic carbocycles. The van der Waals surface area contributed by atoms with E-state index in [-0.39, 0.29) is 5.78 Å². The molecule has 0 unspecified atom stereocenters. The molecule has 0 N–H and O–H groups in total. The van der Waals surface area contributed by atoms with Gasteiger partial charge in [0.2, 0.25) is 0 Å². The average Bonchev–Trinajstić information content (AvgIpc) is 2.46. The Morgan fingerprint density at radius 1 is 1.16 bits per heavy atom. The molecule has 19 heavy (non-hydrogen) atoms. The van der Waals surface area contributed by atoms with E-state index in [0.717, 1.165) is 17.9 Å². The Morgan fingerprint density at radius 2 is 1.79 bits per heavy atom. The summed E-state index contributed by atoms with van der Waals surface area (Å²) in [6.07, 6.45) is 9.48. The van der Waals surface area contributed by atoms with Gasteiger partial charge in [0, 0.05) is 0 Å². The van der Waals surface area contributed by atoms with Gasteiger partial charge in [-0.25, -0.2) is 0 Å². The third-order valence-electron chi connectivity index (χ3n) is 4.12. The Bertz CT molecular complexity index is 447. The molecule has 0 amide bonds. The fourth-order valence-electron chi connectivity index (χ4n) is 3.04. The van der Waals surface area contributed by atoms with Gasteiger partial charge in [0.25, 0.3) is 0 Å². The maximum Gasteiger partial charge on any atom is 0.152 e. The van der Waals surface area contributed by atoms with Crippen molar-refractivity contribution in [2.75, 3.05) is 0 Å². The zero-order valence-corrected chi connectivity index (χ0v) is 12.1. The summed E-state index contributed by atoms with van der Waals surface area (Å²) in [4.78, 5) is 11.2. The second kappa shape index (κ2) is 6.70. The van der Waals surface area contributed by atoms with E-state index < -0.39 is 0 Å². The van der Waals surface area contributed by atoms with Crippen molar-refractivity contribution < 1.29 is 4.79 Å². The molecule has 1 aromatic rings. The Balaban J connectivity index is 2.15. The highest BCUT2D eigenvalue weighted by atomic mass is 16.1. The molecule has 0 atom stereocenters. The first-order valence-corrected chi connectivity index (χ1v) is 7.52. The lowest BCUT2D eigenvalue weighted by molar-refractivity contribution is -0.112. The van der Waals surface area contributed by atoms with E-state index in [0.29, 0.717) is 0 Å². The van der Waals surface area contributed by atoms with E-state index in [9.17, 15) is 4.79 Å². The van der Waals surface area contributed by atoms with E-state index in [1.165, 1.54) is 43.2 Å². The van der Waals surface area contributed by atoms with Crippen molar-refractivity contribution in [3.05, 3.63) is 41.5 Å². The van der Waals surface area contributed by atoms with E-state index in [1.807, 2.05) is 0 Å². The first-order chi connectivity index (χ1) is 9.20. The Labute approximate surface area is 116 Å². The molecule has 0 saturated heterocycles. The predicted octanol–water partition coefficient (Wildman–Crippen LogP) is 5.12. The fraction of sp³-hybridized carbons (Fsp3) is 0.500. The molecule has 0 aromatic heterocycles. The zero-order chi connectivity index (χ0) is 13.7. The highest BCUT2D eigenvalue weighted by Gasteiger charge is 2.15. The number of ketones is 1. The van der Waals surface area contributed by atoms with Crippen LogP contribution in [-0.4, -0.2) is 5.78 Å². The van der Waals surface area contributed by atoms with Crippen LogP contribution in [0.15, 0.2) is 30.3 Å². The van der Waals surface area contributed by atoms with Crippen LogP contribution in [0, 0.1) is 0 Å². The van der Waals surface area contributed by atoms with Crippen molar-refractivity contribution in [1.29, 1.82) is 0 Å². The number of allylic oxidation sites excluding steroid dienone is 2. The van der Waals surface area contributed by atoms with E-state index >= 15 is 0 Å². The quantitative estimate of drug-likeness (QED) is 0.684. The topological polar surface area (TPSA) is 17.1 Å². The van der Waals surface area contributed by atoms with Crippen LogP contribution in [0.3, 0.4) is 0 Å². The van der Waals surface area contributed by atoms with Gasteiger partial charge in [-0.1, -0.05) is 50.5 Å². The summed E-state index contributed by atoms with van der Waals surface area (Å²) in [5.74, 6) is 0.887. The Hall–Kier alpha value is -1.37. The largest absolute Gasteiger partial charge is 0.295 e. The fourth-order valence-corrected chi connectivity index (χ4v) is 3.04. The number of rotatable bonds is 4. The van der Waals surface area contributed by atoms with Gasteiger partial charge in [0.1, 0.15) is 0 Å². The number of hydrogen-bond acceptors (Lipinski definition) is 1. The normalized spacial score (nSPS) is 17.5. The van der Waals surface area contributed by atoms with Crippen LogP contribution in [0.2, 0.25) is 0 Å². The molecule has 102 valence electrons. The van der Waals surface area contributed by atoms with Gasteiger partial charge < -0.3 is 0 Å². The van der Waals surface area contributed by atoms with Crippen LogP contribution >= 0.6 is 0 Å². The lowest BCUT2D eigenvalue weighted by Gasteiger charge is -2.22. The number of hydrogen-bond donors (Lipinski definition) is 0. The lowest BCUT2D eigenvalue weighted by Crippen LogP contribution is -2.04. The SMILES string of the molecule is CC/C(=C\C(C)=O)c1ccc(C2CCCCC2)cc1. The molecular formula is C18H24O.